The van der Waals surface area contributed by atoms with Gasteiger partial charge in [-0.1, -0.05) is 105 Å². The van der Waals surface area contributed by atoms with Crippen molar-refractivity contribution in [2.24, 2.45) is 11.8 Å². The van der Waals surface area contributed by atoms with E-state index in [9.17, 15) is 5.11 Å². The molecule has 0 aliphatic heterocycles. The van der Waals surface area contributed by atoms with Crippen molar-refractivity contribution in [3.05, 3.63) is 108 Å². The third-order valence-electron chi connectivity index (χ3n) is 5.79. The van der Waals surface area contributed by atoms with Crippen molar-refractivity contribution in [2.45, 2.75) is 32.3 Å². The van der Waals surface area contributed by atoms with Crippen LogP contribution >= 0.6 is 0 Å². The van der Waals surface area contributed by atoms with Crippen molar-refractivity contribution in [1.29, 1.82) is 0 Å². The largest absolute Gasteiger partial charge is 0.396 e. The maximum atomic E-state index is 9.44. The first-order valence-corrected chi connectivity index (χ1v) is 10.6. The second-order valence-electron chi connectivity index (χ2n) is 7.93. The second kappa shape index (κ2) is 10.4. The predicted molar refractivity (Wildman–Crippen MR) is 120 cm³/mol. The summed E-state index contributed by atoms with van der Waals surface area (Å²) in [7, 11) is 0. The molecule has 0 aromatic heterocycles. The number of hydrogen-bond donors (Lipinski definition) is 1. The van der Waals surface area contributed by atoms with Gasteiger partial charge >= 0.3 is 0 Å². The van der Waals surface area contributed by atoms with E-state index in [0.29, 0.717) is 18.4 Å². The van der Waals surface area contributed by atoms with Crippen LogP contribution in [-0.2, 0) is 10.3 Å². The zero-order chi connectivity index (χ0) is 20.5. The van der Waals surface area contributed by atoms with Crippen LogP contribution in [-0.4, -0.2) is 18.3 Å². The fourth-order valence-corrected chi connectivity index (χ4v) is 4.11. The molecule has 0 spiro atoms. The molecule has 1 unspecified atom stereocenters. The number of benzene rings is 3. The molecule has 3 rings (SSSR count). The lowest BCUT2D eigenvalue weighted by Crippen LogP contribution is -2.34. The third kappa shape index (κ3) is 4.95. The van der Waals surface area contributed by atoms with E-state index in [0.717, 1.165) is 29.5 Å². The summed E-state index contributed by atoms with van der Waals surface area (Å²) in [5.41, 5.74) is 2.71. The van der Waals surface area contributed by atoms with Crippen LogP contribution in [0.5, 0.6) is 0 Å². The van der Waals surface area contributed by atoms with Crippen molar-refractivity contribution in [3.63, 3.8) is 0 Å². The zero-order valence-electron chi connectivity index (χ0n) is 17.5. The molecule has 0 heterocycles. The molecule has 0 radical (unpaired) electrons. The minimum absolute atomic E-state index is 0.226. The number of rotatable bonds is 10. The number of hydrogen-bond acceptors (Lipinski definition) is 2. The lowest BCUT2D eigenvalue weighted by atomic mass is 9.80. The normalized spacial score (nSPS) is 12.8. The van der Waals surface area contributed by atoms with Crippen LogP contribution < -0.4 is 0 Å². The van der Waals surface area contributed by atoms with Crippen LogP contribution in [0.15, 0.2) is 91.0 Å². The van der Waals surface area contributed by atoms with E-state index in [1.807, 2.05) is 18.2 Å². The van der Waals surface area contributed by atoms with Gasteiger partial charge in [0.1, 0.15) is 5.60 Å². The Morgan fingerprint density at radius 3 is 1.45 bits per heavy atom. The lowest BCUT2D eigenvalue weighted by molar-refractivity contribution is 0.00139. The summed E-state index contributed by atoms with van der Waals surface area (Å²) >= 11 is 0. The van der Waals surface area contributed by atoms with Crippen molar-refractivity contribution in [3.8, 4) is 0 Å². The van der Waals surface area contributed by atoms with Gasteiger partial charge in [-0.2, -0.15) is 0 Å². The Hall–Kier alpha value is -2.42. The van der Waals surface area contributed by atoms with Gasteiger partial charge in [0.15, 0.2) is 0 Å². The minimum Gasteiger partial charge on any atom is -0.396 e. The molecular weight excluding hydrogens is 356 g/mol. The van der Waals surface area contributed by atoms with Crippen molar-refractivity contribution >= 4 is 0 Å². The van der Waals surface area contributed by atoms with Gasteiger partial charge < -0.3 is 9.84 Å². The smallest absolute Gasteiger partial charge is 0.143 e. The first-order valence-electron chi connectivity index (χ1n) is 10.6. The summed E-state index contributed by atoms with van der Waals surface area (Å²) < 4.78 is 6.83. The van der Waals surface area contributed by atoms with E-state index in [4.69, 9.17) is 4.74 Å². The van der Waals surface area contributed by atoms with E-state index >= 15 is 0 Å². The van der Waals surface area contributed by atoms with Crippen LogP contribution in [0.4, 0.5) is 0 Å². The number of aliphatic hydroxyl groups excluding tert-OH is 1. The quantitative estimate of drug-likeness (QED) is 0.429. The van der Waals surface area contributed by atoms with E-state index in [2.05, 4.69) is 86.6 Å². The molecular formula is C27H32O2. The summed E-state index contributed by atoms with van der Waals surface area (Å²) in [5, 5.41) is 9.44. The molecule has 3 aromatic rings. The molecule has 1 atom stereocenters. The molecule has 2 heteroatoms. The van der Waals surface area contributed by atoms with Gasteiger partial charge in [-0.3, -0.25) is 0 Å². The summed E-state index contributed by atoms with van der Waals surface area (Å²) in [6.45, 7) is 5.30. The van der Waals surface area contributed by atoms with Crippen LogP contribution in [0.1, 0.15) is 43.4 Å². The Balaban J connectivity index is 2.03. The van der Waals surface area contributed by atoms with Gasteiger partial charge in [0.2, 0.25) is 0 Å². The molecule has 152 valence electrons. The Morgan fingerprint density at radius 2 is 1.10 bits per heavy atom. The first kappa shape index (κ1) is 21.3. The van der Waals surface area contributed by atoms with Crippen LogP contribution in [0.3, 0.4) is 0 Å². The average Bonchev–Trinajstić information content (AvgIpc) is 2.78. The predicted octanol–water partition coefficient (Wildman–Crippen LogP) is 6.04. The van der Waals surface area contributed by atoms with Crippen LogP contribution in [0, 0.1) is 11.8 Å². The number of aliphatic hydroxyl groups is 1. The summed E-state index contributed by atoms with van der Waals surface area (Å²) in [6, 6.07) is 31.4. The summed E-state index contributed by atoms with van der Waals surface area (Å²) in [4.78, 5) is 0. The summed E-state index contributed by atoms with van der Waals surface area (Å²) in [6.07, 6.45) is 1.74. The van der Waals surface area contributed by atoms with E-state index in [1.54, 1.807) is 0 Å². The van der Waals surface area contributed by atoms with Crippen molar-refractivity contribution in [1.82, 2.24) is 0 Å². The highest BCUT2D eigenvalue weighted by Crippen LogP contribution is 2.40. The van der Waals surface area contributed by atoms with Gasteiger partial charge in [-0.05, 0) is 41.4 Å². The molecule has 0 aliphatic rings. The Morgan fingerprint density at radius 1 is 0.690 bits per heavy atom. The monoisotopic (exact) mass is 388 g/mol. The SMILES string of the molecule is CC(C)C(CCO)CCOC(c1ccccc1)(c1ccccc1)c1ccccc1. The lowest BCUT2D eigenvalue weighted by Gasteiger charge is -2.36. The highest BCUT2D eigenvalue weighted by atomic mass is 16.5. The standard InChI is InChI=1S/C27H32O2/c1-22(2)23(18-20-28)19-21-29-27(24-12-6-3-7-13-24,25-14-8-4-9-15-25)26-16-10-5-11-17-26/h3-17,22-23,28H,18-21H2,1-2H3. The van der Waals surface area contributed by atoms with Gasteiger partial charge in [0.25, 0.3) is 0 Å². The second-order valence-corrected chi connectivity index (χ2v) is 7.93. The van der Waals surface area contributed by atoms with E-state index in [1.165, 1.54) is 0 Å². The first-order chi connectivity index (χ1) is 14.2. The molecule has 3 aromatic carbocycles. The fourth-order valence-electron chi connectivity index (χ4n) is 4.11. The Kier molecular flexibility index (Phi) is 7.62. The van der Waals surface area contributed by atoms with Gasteiger partial charge in [0.05, 0.1) is 0 Å². The summed E-state index contributed by atoms with van der Waals surface area (Å²) in [5.74, 6) is 0.963. The number of ether oxygens (including phenoxy) is 1. The third-order valence-corrected chi connectivity index (χ3v) is 5.79. The molecule has 0 aliphatic carbocycles. The highest BCUT2D eigenvalue weighted by molar-refractivity contribution is 5.47. The molecule has 29 heavy (non-hydrogen) atoms. The highest BCUT2D eigenvalue weighted by Gasteiger charge is 2.37. The van der Waals surface area contributed by atoms with Crippen molar-refractivity contribution < 1.29 is 9.84 Å². The fraction of sp³-hybridized carbons (Fsp3) is 0.333. The van der Waals surface area contributed by atoms with Gasteiger partial charge in [-0.15, -0.1) is 0 Å². The topological polar surface area (TPSA) is 29.5 Å². The van der Waals surface area contributed by atoms with E-state index in [-0.39, 0.29) is 6.61 Å². The average molecular weight is 389 g/mol. The van der Waals surface area contributed by atoms with Crippen LogP contribution in [0.2, 0.25) is 0 Å². The van der Waals surface area contributed by atoms with Crippen LogP contribution in [0.25, 0.3) is 0 Å². The van der Waals surface area contributed by atoms with Gasteiger partial charge in [0, 0.05) is 13.2 Å². The molecule has 0 saturated heterocycles. The molecule has 0 fully saturated rings. The Labute approximate surface area is 175 Å². The maximum Gasteiger partial charge on any atom is 0.143 e. The molecule has 0 amide bonds. The van der Waals surface area contributed by atoms with Crippen molar-refractivity contribution in [2.75, 3.05) is 13.2 Å². The molecule has 1 N–H and O–H groups in total. The minimum atomic E-state index is -0.662. The Bertz CT molecular complexity index is 732. The molecule has 0 saturated carbocycles. The molecule has 0 bridgehead atoms. The van der Waals surface area contributed by atoms with E-state index < -0.39 is 5.60 Å². The zero-order valence-corrected chi connectivity index (χ0v) is 17.5. The maximum absolute atomic E-state index is 9.44. The van der Waals surface area contributed by atoms with Gasteiger partial charge in [-0.25, -0.2) is 0 Å². The molecule has 2 nitrogen and oxygen atoms in total.